The molecule has 0 aliphatic rings. The van der Waals surface area contributed by atoms with Crippen molar-refractivity contribution in [1.29, 1.82) is 0 Å². The minimum Gasteiger partial charge on any atom is -0.465 e. The molecule has 0 aliphatic carbocycles. The zero-order chi connectivity index (χ0) is 12.0. The second-order valence-corrected chi connectivity index (χ2v) is 3.57. The summed E-state index contributed by atoms with van der Waals surface area (Å²) < 4.78 is 9.28. The lowest BCUT2D eigenvalue weighted by atomic mass is 10.1. The Bertz CT molecular complexity index is 370. The first kappa shape index (κ1) is 12.8. The van der Waals surface area contributed by atoms with Crippen molar-refractivity contribution in [2.24, 2.45) is 0 Å². The molecule has 0 amide bonds. The van der Waals surface area contributed by atoms with Crippen molar-refractivity contribution in [1.82, 2.24) is 0 Å². The molecule has 88 valence electrons. The van der Waals surface area contributed by atoms with Crippen LogP contribution in [-0.4, -0.2) is 20.2 Å². The summed E-state index contributed by atoms with van der Waals surface area (Å²) in [6.45, 7) is 0. The van der Waals surface area contributed by atoms with E-state index in [1.807, 2.05) is 6.07 Å². The van der Waals surface area contributed by atoms with E-state index in [-0.39, 0.29) is 0 Å². The minimum absolute atomic E-state index is 0.359. The summed E-state index contributed by atoms with van der Waals surface area (Å²) in [5.41, 5.74) is 7.31. The number of nitrogen functional groups attached to an aromatic ring is 1. The van der Waals surface area contributed by atoms with E-state index in [1.54, 1.807) is 12.1 Å². The van der Waals surface area contributed by atoms with Crippen molar-refractivity contribution in [3.05, 3.63) is 29.3 Å². The van der Waals surface area contributed by atoms with Crippen LogP contribution in [0.3, 0.4) is 0 Å². The highest BCUT2D eigenvalue weighted by Crippen LogP contribution is 2.19. The summed E-state index contributed by atoms with van der Waals surface area (Å²) in [7, 11) is 2.74. The van der Waals surface area contributed by atoms with Crippen LogP contribution in [0.2, 0.25) is 0 Å². The molecule has 0 fully saturated rings. The van der Waals surface area contributed by atoms with Crippen LogP contribution in [0, 0.1) is 0 Å². The first-order chi connectivity index (χ1) is 7.69. The van der Waals surface area contributed by atoms with Gasteiger partial charge in [-0.15, -0.1) is 0 Å². The quantitative estimate of drug-likeness (QED) is 0.212. The van der Waals surface area contributed by atoms with Crippen molar-refractivity contribution < 1.29 is 18.8 Å². The van der Waals surface area contributed by atoms with Crippen LogP contribution in [0.25, 0.3) is 0 Å². The number of ether oxygens (including phenoxy) is 1. The lowest BCUT2D eigenvalue weighted by molar-refractivity contribution is -0.160. The number of methoxy groups -OCH3 is 1. The Morgan fingerprint density at radius 3 is 2.81 bits per heavy atom. The molecular formula is C10H13NO4S. The monoisotopic (exact) mass is 243 g/mol. The van der Waals surface area contributed by atoms with Gasteiger partial charge in [-0.05, 0) is 17.7 Å². The van der Waals surface area contributed by atoms with E-state index >= 15 is 0 Å². The van der Waals surface area contributed by atoms with Gasteiger partial charge in [-0.25, -0.2) is 9.68 Å². The van der Waals surface area contributed by atoms with Gasteiger partial charge in [0.25, 0.3) is 0 Å². The molecule has 0 heterocycles. The molecule has 1 rings (SSSR count). The second-order valence-electron chi connectivity index (χ2n) is 2.91. The highest BCUT2D eigenvalue weighted by molar-refractivity contribution is 7.93. The molecule has 0 unspecified atom stereocenters. The summed E-state index contributed by atoms with van der Waals surface area (Å²) in [6, 6.07) is 5.15. The summed E-state index contributed by atoms with van der Waals surface area (Å²) >= 11 is 1.13. The number of anilines is 1. The third-order valence-corrected chi connectivity index (χ3v) is 2.55. The number of benzene rings is 1. The highest BCUT2D eigenvalue weighted by Gasteiger charge is 2.10. The molecule has 16 heavy (non-hydrogen) atoms. The Hall–Kier alpha value is -1.24. The van der Waals surface area contributed by atoms with Crippen molar-refractivity contribution in [3.8, 4) is 0 Å². The van der Waals surface area contributed by atoms with Gasteiger partial charge in [-0.1, -0.05) is 6.07 Å². The molecule has 6 heteroatoms. The number of hydrogen-bond acceptors (Lipinski definition) is 6. The average molecular weight is 243 g/mol. The maximum absolute atomic E-state index is 11.4. The normalized spacial score (nSPS) is 10.1. The van der Waals surface area contributed by atoms with Gasteiger partial charge >= 0.3 is 5.97 Å². The average Bonchev–Trinajstić information content (AvgIpc) is 2.30. The first-order valence-electron chi connectivity index (χ1n) is 4.48. The summed E-state index contributed by atoms with van der Waals surface area (Å²) in [6.07, 6.45) is 0. The molecule has 0 aliphatic heterocycles. The lowest BCUT2D eigenvalue weighted by Crippen LogP contribution is -2.06. The van der Waals surface area contributed by atoms with E-state index in [4.69, 9.17) is 5.73 Å². The van der Waals surface area contributed by atoms with Crippen molar-refractivity contribution in [2.45, 2.75) is 5.75 Å². The van der Waals surface area contributed by atoms with E-state index in [2.05, 4.69) is 14.0 Å². The third-order valence-electron chi connectivity index (χ3n) is 1.86. The smallest absolute Gasteiger partial charge is 0.339 e. The van der Waals surface area contributed by atoms with Gasteiger partial charge in [-0.3, -0.25) is 0 Å². The van der Waals surface area contributed by atoms with Gasteiger partial charge in [0.1, 0.15) is 0 Å². The van der Waals surface area contributed by atoms with Crippen LogP contribution in [0.15, 0.2) is 18.2 Å². The number of nitrogens with two attached hydrogens (primary N) is 1. The second kappa shape index (κ2) is 6.37. The van der Waals surface area contributed by atoms with Crippen molar-refractivity contribution in [2.75, 3.05) is 20.0 Å². The van der Waals surface area contributed by atoms with E-state index in [0.29, 0.717) is 17.0 Å². The third kappa shape index (κ3) is 3.41. The number of carbonyl (C=O) groups excluding carboxylic acids is 1. The van der Waals surface area contributed by atoms with E-state index in [1.165, 1.54) is 14.2 Å². The summed E-state index contributed by atoms with van der Waals surface area (Å²) in [4.78, 5) is 15.8. The minimum atomic E-state index is -0.447. The molecule has 1 aromatic rings. The van der Waals surface area contributed by atoms with Gasteiger partial charge in [0.15, 0.2) is 0 Å². The van der Waals surface area contributed by atoms with Crippen LogP contribution in [-0.2, 0) is 19.7 Å². The summed E-state index contributed by atoms with van der Waals surface area (Å²) in [5, 5.41) is 0. The van der Waals surface area contributed by atoms with Gasteiger partial charge in [0, 0.05) is 23.5 Å². The van der Waals surface area contributed by atoms with Crippen molar-refractivity contribution >= 4 is 23.7 Å². The lowest BCUT2D eigenvalue weighted by Gasteiger charge is -2.06. The molecule has 0 saturated heterocycles. The largest absolute Gasteiger partial charge is 0.465 e. The zero-order valence-corrected chi connectivity index (χ0v) is 9.87. The Kier molecular flexibility index (Phi) is 5.10. The van der Waals surface area contributed by atoms with E-state index in [0.717, 1.165) is 17.6 Å². The number of esters is 1. The Labute approximate surface area is 98.0 Å². The Morgan fingerprint density at radius 1 is 1.44 bits per heavy atom. The number of carbonyl (C=O) groups is 1. The van der Waals surface area contributed by atoms with Gasteiger partial charge in [0.2, 0.25) is 0 Å². The summed E-state index contributed by atoms with van der Waals surface area (Å²) in [5.74, 6) is 0.106. The van der Waals surface area contributed by atoms with Gasteiger partial charge in [-0.2, -0.15) is 4.33 Å². The molecule has 1 aromatic carbocycles. The molecule has 0 bridgehead atoms. The molecule has 0 radical (unpaired) electrons. The SMILES string of the molecule is COOSCc1ccc(N)c(C(=O)OC)c1. The number of hydrogen-bond donors (Lipinski definition) is 1. The Balaban J connectivity index is 2.77. The van der Waals surface area contributed by atoms with Gasteiger partial charge in [0.05, 0.1) is 19.8 Å². The van der Waals surface area contributed by atoms with Crippen LogP contribution in [0.5, 0.6) is 0 Å². The predicted molar refractivity (Wildman–Crippen MR) is 61.6 cm³/mol. The van der Waals surface area contributed by atoms with Crippen LogP contribution in [0.4, 0.5) is 5.69 Å². The molecular weight excluding hydrogens is 230 g/mol. The van der Waals surface area contributed by atoms with Crippen LogP contribution < -0.4 is 5.73 Å². The predicted octanol–water partition coefficient (Wildman–Crippen LogP) is 1.78. The molecule has 0 saturated carbocycles. The van der Waals surface area contributed by atoms with Gasteiger partial charge < -0.3 is 10.5 Å². The molecule has 2 N–H and O–H groups in total. The molecule has 0 spiro atoms. The van der Waals surface area contributed by atoms with E-state index in [9.17, 15) is 4.79 Å². The fourth-order valence-corrected chi connectivity index (χ4v) is 1.58. The van der Waals surface area contributed by atoms with E-state index < -0.39 is 5.97 Å². The molecule has 5 nitrogen and oxygen atoms in total. The first-order valence-corrected chi connectivity index (χ1v) is 5.39. The fraction of sp³-hybridized carbons (Fsp3) is 0.300. The maximum atomic E-state index is 11.4. The van der Waals surface area contributed by atoms with Crippen LogP contribution in [0.1, 0.15) is 15.9 Å². The highest BCUT2D eigenvalue weighted by atomic mass is 32.2. The maximum Gasteiger partial charge on any atom is 0.339 e. The standard InChI is InChI=1S/C10H13NO4S/c1-13-10(12)8-5-7(3-4-9(8)11)6-16-15-14-2/h3-5H,6,11H2,1-2H3. The topological polar surface area (TPSA) is 70.8 Å². The fourth-order valence-electron chi connectivity index (χ4n) is 1.12. The zero-order valence-electron chi connectivity index (χ0n) is 9.06. The van der Waals surface area contributed by atoms with Crippen LogP contribution >= 0.6 is 12.0 Å². The molecule has 0 aromatic heterocycles. The molecule has 0 atom stereocenters. The Morgan fingerprint density at radius 2 is 2.19 bits per heavy atom. The van der Waals surface area contributed by atoms with Crippen molar-refractivity contribution in [3.63, 3.8) is 0 Å². The number of rotatable bonds is 5.